The van der Waals surface area contributed by atoms with Gasteiger partial charge in [0.05, 0.1) is 0 Å². The van der Waals surface area contributed by atoms with Gasteiger partial charge in [-0.05, 0) is 51.2 Å². The van der Waals surface area contributed by atoms with E-state index in [2.05, 4.69) is 46.7 Å². The lowest BCUT2D eigenvalue weighted by molar-refractivity contribution is 0.251. The normalized spacial score (nSPS) is 12.5. The molecule has 1 nitrogen and oxygen atoms in total. The van der Waals surface area contributed by atoms with Crippen LogP contribution in [0.2, 0.25) is 0 Å². The van der Waals surface area contributed by atoms with Gasteiger partial charge >= 0.3 is 0 Å². The van der Waals surface area contributed by atoms with Crippen LogP contribution in [0.25, 0.3) is 0 Å². The Kier molecular flexibility index (Phi) is 6.40. The summed E-state index contributed by atoms with van der Waals surface area (Å²) in [6.45, 7) is 10.6. The van der Waals surface area contributed by atoms with E-state index < -0.39 is 0 Å². The predicted octanol–water partition coefficient (Wildman–Crippen LogP) is 3.26. The molecule has 0 aromatic rings. The average molecular weight is 185 g/mol. The third-order valence-electron chi connectivity index (χ3n) is 2.86. The zero-order valence-electron chi connectivity index (χ0n) is 10.3. The van der Waals surface area contributed by atoms with Crippen molar-refractivity contribution in [3.63, 3.8) is 0 Å². The molecule has 0 heterocycles. The summed E-state index contributed by atoms with van der Waals surface area (Å²) in [5, 5.41) is 0. The van der Waals surface area contributed by atoms with Crippen LogP contribution in [0.1, 0.15) is 40.5 Å². The Morgan fingerprint density at radius 3 is 1.69 bits per heavy atom. The van der Waals surface area contributed by atoms with Crippen molar-refractivity contribution in [1.82, 2.24) is 4.90 Å². The summed E-state index contributed by atoms with van der Waals surface area (Å²) in [5.41, 5.74) is 0. The Hall–Kier alpha value is -0.0400. The summed E-state index contributed by atoms with van der Waals surface area (Å²) in [5.74, 6) is 2.57. The van der Waals surface area contributed by atoms with Crippen molar-refractivity contribution in [2.75, 3.05) is 20.6 Å². The minimum atomic E-state index is 0.835. The van der Waals surface area contributed by atoms with E-state index in [1.165, 1.54) is 19.4 Å². The molecule has 1 heteroatoms. The second-order valence-corrected chi connectivity index (χ2v) is 5.10. The highest BCUT2D eigenvalue weighted by Gasteiger charge is 2.16. The molecule has 0 aliphatic heterocycles. The number of rotatable bonds is 6. The predicted molar refractivity (Wildman–Crippen MR) is 61.0 cm³/mol. The molecule has 80 valence electrons. The van der Waals surface area contributed by atoms with E-state index in [9.17, 15) is 0 Å². The molecule has 0 spiro atoms. The van der Waals surface area contributed by atoms with Crippen molar-refractivity contribution in [2.24, 2.45) is 17.8 Å². The molecule has 0 unspecified atom stereocenters. The maximum absolute atomic E-state index is 2.35. The van der Waals surface area contributed by atoms with Gasteiger partial charge in [0.1, 0.15) is 0 Å². The first-order chi connectivity index (χ1) is 5.95. The topological polar surface area (TPSA) is 3.24 Å². The van der Waals surface area contributed by atoms with Crippen molar-refractivity contribution in [2.45, 2.75) is 40.5 Å². The maximum Gasteiger partial charge on any atom is -0.00247 e. The molecule has 0 aromatic heterocycles. The first-order valence-corrected chi connectivity index (χ1v) is 5.59. The summed E-state index contributed by atoms with van der Waals surface area (Å²) < 4.78 is 0. The Labute approximate surface area is 84.5 Å². The average Bonchev–Trinajstić information content (AvgIpc) is 1.95. The fourth-order valence-corrected chi connectivity index (χ4v) is 2.08. The lowest BCUT2D eigenvalue weighted by atomic mass is 9.82. The van der Waals surface area contributed by atoms with Gasteiger partial charge in [-0.2, -0.15) is 0 Å². The molecule has 0 amide bonds. The van der Waals surface area contributed by atoms with Crippen molar-refractivity contribution >= 4 is 0 Å². The molecular weight excluding hydrogens is 158 g/mol. The highest BCUT2D eigenvalue weighted by molar-refractivity contribution is 4.67. The zero-order valence-corrected chi connectivity index (χ0v) is 10.3. The molecule has 0 rings (SSSR count). The minimum Gasteiger partial charge on any atom is -0.309 e. The third-order valence-corrected chi connectivity index (χ3v) is 2.86. The van der Waals surface area contributed by atoms with Crippen molar-refractivity contribution in [3.8, 4) is 0 Å². The van der Waals surface area contributed by atoms with Gasteiger partial charge < -0.3 is 4.90 Å². The van der Waals surface area contributed by atoms with Gasteiger partial charge in [-0.25, -0.2) is 0 Å². The Bertz CT molecular complexity index is 108. The van der Waals surface area contributed by atoms with Gasteiger partial charge in [0, 0.05) is 0 Å². The molecule has 0 aliphatic carbocycles. The van der Waals surface area contributed by atoms with Crippen molar-refractivity contribution in [1.29, 1.82) is 0 Å². The molecule has 0 atom stereocenters. The Balaban J connectivity index is 3.70. The molecule has 0 aliphatic rings. The van der Waals surface area contributed by atoms with Gasteiger partial charge in [0.2, 0.25) is 0 Å². The second kappa shape index (κ2) is 6.42. The van der Waals surface area contributed by atoms with Crippen LogP contribution in [0, 0.1) is 17.8 Å². The summed E-state index contributed by atoms with van der Waals surface area (Å²) >= 11 is 0. The molecule has 13 heavy (non-hydrogen) atoms. The van der Waals surface area contributed by atoms with Gasteiger partial charge in [0.15, 0.2) is 0 Å². The molecule has 0 saturated heterocycles. The molecule has 0 bridgehead atoms. The number of hydrogen-bond donors (Lipinski definition) is 0. The quantitative estimate of drug-likeness (QED) is 0.614. The van der Waals surface area contributed by atoms with Gasteiger partial charge in [0.25, 0.3) is 0 Å². The monoisotopic (exact) mass is 185 g/mol. The van der Waals surface area contributed by atoms with Crippen LogP contribution in [-0.2, 0) is 0 Å². The molecular formula is C12H27N. The molecule has 0 radical (unpaired) electrons. The fraction of sp³-hybridized carbons (Fsp3) is 1.00. The molecule has 0 N–H and O–H groups in total. The number of nitrogens with zero attached hydrogens (tertiary/aromatic N) is 1. The minimum absolute atomic E-state index is 0.835. The van der Waals surface area contributed by atoms with Crippen LogP contribution in [-0.4, -0.2) is 25.5 Å². The molecule has 0 fully saturated rings. The van der Waals surface area contributed by atoms with Gasteiger partial charge in [-0.1, -0.05) is 27.7 Å². The lowest BCUT2D eigenvalue weighted by Gasteiger charge is -2.25. The van der Waals surface area contributed by atoms with Crippen LogP contribution in [0.4, 0.5) is 0 Å². The first-order valence-electron chi connectivity index (χ1n) is 5.59. The van der Waals surface area contributed by atoms with Crippen LogP contribution < -0.4 is 0 Å². The third kappa shape index (κ3) is 6.09. The largest absolute Gasteiger partial charge is 0.309 e. The van der Waals surface area contributed by atoms with E-state index in [0.29, 0.717) is 0 Å². The summed E-state index contributed by atoms with van der Waals surface area (Å²) in [6, 6.07) is 0. The Morgan fingerprint density at radius 1 is 0.923 bits per heavy atom. The summed E-state index contributed by atoms with van der Waals surface area (Å²) in [6.07, 6.45) is 2.72. The van der Waals surface area contributed by atoms with Crippen molar-refractivity contribution < 1.29 is 0 Å². The summed E-state index contributed by atoms with van der Waals surface area (Å²) in [4.78, 5) is 2.28. The van der Waals surface area contributed by atoms with Crippen LogP contribution >= 0.6 is 0 Å². The van der Waals surface area contributed by atoms with Gasteiger partial charge in [-0.3, -0.25) is 0 Å². The van der Waals surface area contributed by atoms with Gasteiger partial charge in [-0.15, -0.1) is 0 Å². The van der Waals surface area contributed by atoms with E-state index in [4.69, 9.17) is 0 Å². The molecule has 0 aromatic carbocycles. The standard InChI is InChI=1S/C12H27N/c1-10(2)12(11(3)4)8-7-9-13(5)6/h10-12H,7-9H2,1-6H3. The summed E-state index contributed by atoms with van der Waals surface area (Å²) in [7, 11) is 4.31. The highest BCUT2D eigenvalue weighted by atomic mass is 15.0. The maximum atomic E-state index is 2.35. The lowest BCUT2D eigenvalue weighted by Crippen LogP contribution is -2.19. The van der Waals surface area contributed by atoms with Crippen LogP contribution in [0.3, 0.4) is 0 Å². The SMILES string of the molecule is CC(C)C(CCCN(C)C)C(C)C. The van der Waals surface area contributed by atoms with E-state index in [0.717, 1.165) is 17.8 Å². The van der Waals surface area contributed by atoms with E-state index in [-0.39, 0.29) is 0 Å². The van der Waals surface area contributed by atoms with Crippen molar-refractivity contribution in [3.05, 3.63) is 0 Å². The number of hydrogen-bond acceptors (Lipinski definition) is 1. The fourth-order valence-electron chi connectivity index (χ4n) is 2.08. The van der Waals surface area contributed by atoms with E-state index in [1.807, 2.05) is 0 Å². The molecule has 0 saturated carbocycles. The van der Waals surface area contributed by atoms with E-state index >= 15 is 0 Å². The van der Waals surface area contributed by atoms with E-state index in [1.54, 1.807) is 0 Å². The highest BCUT2D eigenvalue weighted by Crippen LogP contribution is 2.25. The van der Waals surface area contributed by atoms with Crippen LogP contribution in [0.15, 0.2) is 0 Å². The van der Waals surface area contributed by atoms with Crippen LogP contribution in [0.5, 0.6) is 0 Å². The zero-order chi connectivity index (χ0) is 10.4. The smallest absolute Gasteiger partial charge is 0.00247 e. The second-order valence-electron chi connectivity index (χ2n) is 5.10. The Morgan fingerprint density at radius 2 is 1.38 bits per heavy atom. The first kappa shape index (κ1) is 13.0.